The van der Waals surface area contributed by atoms with Crippen LogP contribution < -0.4 is 4.74 Å². The first-order chi connectivity index (χ1) is 7.72. The van der Waals surface area contributed by atoms with Crippen LogP contribution >= 0.6 is 15.9 Å². The molecule has 1 aliphatic heterocycles. The van der Waals surface area contributed by atoms with Crippen molar-refractivity contribution in [1.29, 1.82) is 0 Å². The van der Waals surface area contributed by atoms with Crippen molar-refractivity contribution in [2.24, 2.45) is 5.92 Å². The number of halogens is 2. The Kier molecular flexibility index (Phi) is 3.85. The van der Waals surface area contributed by atoms with Crippen molar-refractivity contribution in [3.8, 4) is 5.75 Å². The average molecular weight is 287 g/mol. The number of fused-ring (bicyclic) bond motifs is 1. The van der Waals surface area contributed by atoms with Gasteiger partial charge in [-0.25, -0.2) is 4.39 Å². The van der Waals surface area contributed by atoms with Gasteiger partial charge in [0.25, 0.3) is 0 Å². The Labute approximate surface area is 104 Å². The van der Waals surface area contributed by atoms with Crippen molar-refractivity contribution in [3.05, 3.63) is 29.6 Å². The van der Waals surface area contributed by atoms with Crippen LogP contribution in [0.5, 0.6) is 5.75 Å². The Balaban J connectivity index is 2.00. The number of alkyl halides is 1. The molecule has 0 aliphatic carbocycles. The molecule has 2 atom stereocenters. The first-order valence-electron chi connectivity index (χ1n) is 5.74. The summed E-state index contributed by atoms with van der Waals surface area (Å²) in [6.45, 7) is 2.19. The smallest absolute Gasteiger partial charge is 0.123 e. The molecule has 88 valence electrons. The van der Waals surface area contributed by atoms with Crippen LogP contribution in [-0.4, -0.2) is 11.4 Å². The van der Waals surface area contributed by atoms with Gasteiger partial charge in [0.05, 0.1) is 0 Å². The molecule has 2 unspecified atom stereocenters. The lowest BCUT2D eigenvalue weighted by atomic mass is 9.98. The van der Waals surface area contributed by atoms with Crippen LogP contribution in [0.25, 0.3) is 0 Å². The number of hydrogen-bond donors (Lipinski definition) is 0. The first-order valence-corrected chi connectivity index (χ1v) is 6.86. The Bertz CT molecular complexity index is 363. The maximum Gasteiger partial charge on any atom is 0.123 e. The highest BCUT2D eigenvalue weighted by Gasteiger charge is 2.25. The minimum atomic E-state index is -0.171. The van der Waals surface area contributed by atoms with Crippen LogP contribution in [0, 0.1) is 11.7 Å². The molecular weight excluding hydrogens is 271 g/mol. The summed E-state index contributed by atoms with van der Waals surface area (Å²) in [6, 6.07) is 4.78. The number of hydrogen-bond acceptors (Lipinski definition) is 1. The third-order valence-corrected chi connectivity index (χ3v) is 4.07. The second-order valence-corrected chi connectivity index (χ2v) is 5.01. The van der Waals surface area contributed by atoms with Gasteiger partial charge in [-0.05, 0) is 30.5 Å². The highest BCUT2D eigenvalue weighted by Crippen LogP contribution is 2.32. The van der Waals surface area contributed by atoms with Gasteiger partial charge in [0, 0.05) is 17.3 Å². The zero-order valence-electron chi connectivity index (χ0n) is 9.38. The Morgan fingerprint density at radius 2 is 2.38 bits per heavy atom. The molecule has 0 amide bonds. The molecule has 3 heteroatoms. The Hall–Kier alpha value is -0.570. The van der Waals surface area contributed by atoms with Gasteiger partial charge in [0.15, 0.2) is 0 Å². The van der Waals surface area contributed by atoms with Crippen molar-refractivity contribution in [3.63, 3.8) is 0 Å². The summed E-state index contributed by atoms with van der Waals surface area (Å²) < 4.78 is 18.8. The van der Waals surface area contributed by atoms with E-state index in [1.807, 2.05) is 0 Å². The van der Waals surface area contributed by atoms with Crippen molar-refractivity contribution in [2.45, 2.75) is 32.3 Å². The molecule has 0 spiro atoms. The van der Waals surface area contributed by atoms with E-state index in [2.05, 4.69) is 22.9 Å². The van der Waals surface area contributed by atoms with E-state index in [-0.39, 0.29) is 11.9 Å². The lowest BCUT2D eigenvalue weighted by molar-refractivity contribution is 0.198. The fraction of sp³-hybridized carbons (Fsp3) is 0.538. The highest BCUT2D eigenvalue weighted by atomic mass is 79.9. The van der Waals surface area contributed by atoms with E-state index in [0.717, 1.165) is 35.9 Å². The summed E-state index contributed by atoms with van der Waals surface area (Å²) in [5.74, 6) is 1.33. The van der Waals surface area contributed by atoms with Gasteiger partial charge in [-0.3, -0.25) is 0 Å². The second kappa shape index (κ2) is 5.17. The van der Waals surface area contributed by atoms with Gasteiger partial charge in [0.1, 0.15) is 17.7 Å². The molecule has 0 N–H and O–H groups in total. The van der Waals surface area contributed by atoms with E-state index in [4.69, 9.17) is 4.74 Å². The molecule has 0 aromatic heterocycles. The fourth-order valence-corrected chi connectivity index (χ4v) is 2.85. The molecule has 1 aliphatic rings. The van der Waals surface area contributed by atoms with E-state index >= 15 is 0 Å². The van der Waals surface area contributed by atoms with Crippen LogP contribution in [0.3, 0.4) is 0 Å². The third-order valence-electron chi connectivity index (χ3n) is 3.16. The molecule has 0 fully saturated rings. The molecule has 1 aromatic rings. The minimum absolute atomic E-state index is 0.171. The second-order valence-electron chi connectivity index (χ2n) is 4.36. The van der Waals surface area contributed by atoms with E-state index < -0.39 is 0 Å². The van der Waals surface area contributed by atoms with Gasteiger partial charge in [-0.2, -0.15) is 0 Å². The summed E-state index contributed by atoms with van der Waals surface area (Å²) in [6.07, 6.45) is 3.25. The van der Waals surface area contributed by atoms with E-state index in [1.54, 1.807) is 12.1 Å². The topological polar surface area (TPSA) is 9.23 Å². The van der Waals surface area contributed by atoms with Crippen LogP contribution in [0.2, 0.25) is 0 Å². The number of rotatable bonds is 4. The minimum Gasteiger partial charge on any atom is -0.490 e. The predicted molar refractivity (Wildman–Crippen MR) is 66.7 cm³/mol. The summed E-state index contributed by atoms with van der Waals surface area (Å²) in [4.78, 5) is 0. The van der Waals surface area contributed by atoms with E-state index in [1.165, 1.54) is 6.07 Å². The van der Waals surface area contributed by atoms with Gasteiger partial charge < -0.3 is 4.74 Å². The predicted octanol–water partition coefficient (Wildman–Crippen LogP) is 3.94. The highest BCUT2D eigenvalue weighted by molar-refractivity contribution is 9.09. The van der Waals surface area contributed by atoms with E-state index in [9.17, 15) is 4.39 Å². The molecule has 1 aromatic carbocycles. The Morgan fingerprint density at radius 3 is 3.06 bits per heavy atom. The maximum absolute atomic E-state index is 13.0. The third kappa shape index (κ3) is 2.57. The normalized spacial score (nSPS) is 20.3. The van der Waals surface area contributed by atoms with Crippen molar-refractivity contribution < 1.29 is 9.13 Å². The molecule has 0 saturated carbocycles. The number of ether oxygens (including phenoxy) is 1. The molecule has 2 rings (SSSR count). The summed E-state index contributed by atoms with van der Waals surface area (Å²) >= 11 is 3.51. The zero-order valence-corrected chi connectivity index (χ0v) is 11.0. The standard InChI is InChI=1S/C13H16BrFO/c1-2-9(8-14)5-12-7-10-6-11(15)3-4-13(10)16-12/h3-4,6,9,12H,2,5,7-8H2,1H3. The fourth-order valence-electron chi connectivity index (χ4n) is 2.13. The molecule has 0 radical (unpaired) electrons. The Morgan fingerprint density at radius 1 is 1.56 bits per heavy atom. The molecule has 1 heterocycles. The SMILES string of the molecule is CCC(CBr)CC1Cc2cc(F)ccc2O1. The molecule has 1 nitrogen and oxygen atoms in total. The largest absolute Gasteiger partial charge is 0.490 e. The van der Waals surface area contributed by atoms with Crippen molar-refractivity contribution >= 4 is 15.9 Å². The molecule has 0 bridgehead atoms. The number of benzene rings is 1. The summed E-state index contributed by atoms with van der Waals surface area (Å²) in [5, 5.41) is 1.01. The molecule has 16 heavy (non-hydrogen) atoms. The van der Waals surface area contributed by atoms with Gasteiger partial charge in [0.2, 0.25) is 0 Å². The monoisotopic (exact) mass is 286 g/mol. The van der Waals surface area contributed by atoms with E-state index in [0.29, 0.717) is 5.92 Å². The van der Waals surface area contributed by atoms with Gasteiger partial charge in [-0.15, -0.1) is 0 Å². The lowest BCUT2D eigenvalue weighted by Gasteiger charge is -2.16. The van der Waals surface area contributed by atoms with Crippen LogP contribution in [0.1, 0.15) is 25.3 Å². The van der Waals surface area contributed by atoms with Crippen LogP contribution in [0.4, 0.5) is 4.39 Å². The van der Waals surface area contributed by atoms with Gasteiger partial charge in [-0.1, -0.05) is 29.3 Å². The maximum atomic E-state index is 13.0. The van der Waals surface area contributed by atoms with Crippen molar-refractivity contribution in [2.75, 3.05) is 5.33 Å². The molecule has 0 saturated heterocycles. The van der Waals surface area contributed by atoms with Crippen LogP contribution in [-0.2, 0) is 6.42 Å². The lowest BCUT2D eigenvalue weighted by Crippen LogP contribution is -2.18. The quantitative estimate of drug-likeness (QED) is 0.762. The van der Waals surface area contributed by atoms with Gasteiger partial charge >= 0.3 is 0 Å². The molecular formula is C13H16BrFO. The average Bonchev–Trinajstić information content (AvgIpc) is 2.67. The van der Waals surface area contributed by atoms with Crippen LogP contribution in [0.15, 0.2) is 18.2 Å². The van der Waals surface area contributed by atoms with Crippen molar-refractivity contribution in [1.82, 2.24) is 0 Å². The summed E-state index contributed by atoms with van der Waals surface area (Å²) in [5.41, 5.74) is 1.01. The zero-order chi connectivity index (χ0) is 11.5. The summed E-state index contributed by atoms with van der Waals surface area (Å²) in [7, 11) is 0. The first kappa shape index (κ1) is 11.9.